The second kappa shape index (κ2) is 11.7. The first-order valence-corrected chi connectivity index (χ1v) is 11.9. The maximum absolute atomic E-state index is 10.8. The molecule has 4 rings (SSSR count). The molecule has 36 heavy (non-hydrogen) atoms. The number of nitrogens with zero attached hydrogens (tertiary/aromatic N) is 2. The quantitative estimate of drug-likeness (QED) is 0.131. The number of non-ortho nitro benzene ring substituents is 1. The molecule has 0 radical (unpaired) electrons. The average molecular weight is 481 g/mol. The third kappa shape index (κ3) is 6.10. The molecular weight excluding hydrogens is 452 g/mol. The van der Waals surface area contributed by atoms with Gasteiger partial charge in [-0.25, -0.2) is 0 Å². The molecule has 6 nitrogen and oxygen atoms in total. The van der Waals surface area contributed by atoms with E-state index in [1.54, 1.807) is 12.1 Å². The van der Waals surface area contributed by atoms with Crippen molar-refractivity contribution in [3.63, 3.8) is 0 Å². The van der Waals surface area contributed by atoms with E-state index in [4.69, 9.17) is 9.47 Å². The van der Waals surface area contributed by atoms with Gasteiger partial charge in [-0.1, -0.05) is 24.3 Å². The number of ether oxygens (including phenoxy) is 2. The Morgan fingerprint density at radius 3 is 1.36 bits per heavy atom. The molecule has 0 aliphatic carbocycles. The molecule has 0 heterocycles. The van der Waals surface area contributed by atoms with Gasteiger partial charge in [-0.05, 0) is 97.8 Å². The summed E-state index contributed by atoms with van der Waals surface area (Å²) in [5.74, 6) is 1.67. The number of anilines is 3. The van der Waals surface area contributed by atoms with Gasteiger partial charge in [-0.15, -0.1) is 0 Å². The standard InChI is InChI=1S/C30H28N2O4/c1-3-35-29-19-15-26(16-20-29)31(27-17-21-30(22-18-27)36-4-2)25-11-7-23(8-12-25)5-6-24-9-13-28(14-10-24)32(33)34/h5-22H,3-4H2,1-2H3/b6-5+. The minimum atomic E-state index is -0.396. The van der Waals surface area contributed by atoms with E-state index in [-0.39, 0.29) is 5.69 Å². The van der Waals surface area contributed by atoms with E-state index in [0.717, 1.165) is 39.7 Å². The molecule has 4 aromatic carbocycles. The summed E-state index contributed by atoms with van der Waals surface area (Å²) in [4.78, 5) is 12.6. The van der Waals surface area contributed by atoms with E-state index in [1.807, 2.05) is 86.7 Å². The normalized spacial score (nSPS) is 10.8. The highest BCUT2D eigenvalue weighted by Crippen LogP contribution is 2.36. The molecule has 0 saturated carbocycles. The summed E-state index contributed by atoms with van der Waals surface area (Å²) in [6.45, 7) is 5.18. The predicted molar refractivity (Wildman–Crippen MR) is 145 cm³/mol. The highest BCUT2D eigenvalue weighted by Gasteiger charge is 2.13. The molecule has 0 bridgehead atoms. The number of hydrogen-bond acceptors (Lipinski definition) is 5. The fraction of sp³-hybridized carbons (Fsp3) is 0.133. The Morgan fingerprint density at radius 1 is 0.639 bits per heavy atom. The molecule has 0 aromatic heterocycles. The van der Waals surface area contributed by atoms with E-state index in [2.05, 4.69) is 17.0 Å². The third-order valence-corrected chi connectivity index (χ3v) is 5.54. The monoisotopic (exact) mass is 480 g/mol. The maximum atomic E-state index is 10.8. The molecule has 0 spiro atoms. The molecular formula is C30H28N2O4. The van der Waals surface area contributed by atoms with Crippen LogP contribution in [0, 0.1) is 10.1 Å². The third-order valence-electron chi connectivity index (χ3n) is 5.54. The summed E-state index contributed by atoms with van der Waals surface area (Å²) in [7, 11) is 0. The topological polar surface area (TPSA) is 64.8 Å². The van der Waals surface area contributed by atoms with Crippen LogP contribution in [-0.2, 0) is 0 Å². The van der Waals surface area contributed by atoms with Crippen molar-refractivity contribution in [2.45, 2.75) is 13.8 Å². The summed E-state index contributed by atoms with van der Waals surface area (Å²) in [5.41, 5.74) is 5.04. The van der Waals surface area contributed by atoms with Crippen LogP contribution in [0.2, 0.25) is 0 Å². The number of rotatable bonds is 10. The van der Waals surface area contributed by atoms with Gasteiger partial charge in [0.25, 0.3) is 5.69 Å². The van der Waals surface area contributed by atoms with E-state index >= 15 is 0 Å². The predicted octanol–water partition coefficient (Wildman–Crippen LogP) is 8.03. The van der Waals surface area contributed by atoms with Gasteiger partial charge in [0, 0.05) is 29.2 Å². The van der Waals surface area contributed by atoms with Gasteiger partial charge in [0.05, 0.1) is 18.1 Å². The van der Waals surface area contributed by atoms with Gasteiger partial charge in [0.1, 0.15) is 11.5 Å². The fourth-order valence-corrected chi connectivity index (χ4v) is 3.80. The van der Waals surface area contributed by atoms with Crippen molar-refractivity contribution in [1.82, 2.24) is 0 Å². The summed E-state index contributed by atoms with van der Waals surface area (Å²) in [5, 5.41) is 10.8. The Labute approximate surface area is 211 Å². The highest BCUT2D eigenvalue weighted by molar-refractivity contribution is 5.78. The first kappa shape index (κ1) is 24.5. The lowest BCUT2D eigenvalue weighted by atomic mass is 10.1. The van der Waals surface area contributed by atoms with Crippen LogP contribution in [0.25, 0.3) is 12.2 Å². The smallest absolute Gasteiger partial charge is 0.269 e. The Morgan fingerprint density at radius 2 is 1.00 bits per heavy atom. The second-order valence-electron chi connectivity index (χ2n) is 7.96. The molecule has 0 N–H and O–H groups in total. The number of nitro groups is 1. The Hall–Kier alpha value is -4.58. The maximum Gasteiger partial charge on any atom is 0.269 e. The SMILES string of the molecule is CCOc1ccc(N(c2ccc(/C=C/c3ccc([N+](=O)[O-])cc3)cc2)c2ccc(OCC)cc2)cc1. The van der Waals surface area contributed by atoms with E-state index in [0.29, 0.717) is 13.2 Å². The Balaban J connectivity index is 1.60. The van der Waals surface area contributed by atoms with Crippen molar-refractivity contribution in [3.05, 3.63) is 118 Å². The minimum Gasteiger partial charge on any atom is -0.494 e. The van der Waals surface area contributed by atoms with Crippen LogP contribution in [0.15, 0.2) is 97.1 Å². The molecule has 0 saturated heterocycles. The fourth-order valence-electron chi connectivity index (χ4n) is 3.80. The van der Waals surface area contributed by atoms with Crippen LogP contribution in [0.5, 0.6) is 11.5 Å². The number of benzene rings is 4. The second-order valence-corrected chi connectivity index (χ2v) is 7.96. The zero-order valence-electron chi connectivity index (χ0n) is 20.3. The molecule has 6 heteroatoms. The van der Waals surface area contributed by atoms with Crippen molar-refractivity contribution < 1.29 is 14.4 Å². The van der Waals surface area contributed by atoms with Crippen LogP contribution in [0.4, 0.5) is 22.7 Å². The zero-order valence-corrected chi connectivity index (χ0v) is 20.3. The Kier molecular flexibility index (Phi) is 7.98. The first-order valence-electron chi connectivity index (χ1n) is 11.9. The molecule has 0 unspecified atom stereocenters. The number of hydrogen-bond donors (Lipinski definition) is 0. The largest absolute Gasteiger partial charge is 0.494 e. The van der Waals surface area contributed by atoms with Crippen LogP contribution in [0.3, 0.4) is 0 Å². The van der Waals surface area contributed by atoms with Gasteiger partial charge in [-0.3, -0.25) is 10.1 Å². The van der Waals surface area contributed by atoms with Gasteiger partial charge in [-0.2, -0.15) is 0 Å². The molecule has 0 amide bonds. The van der Waals surface area contributed by atoms with E-state index in [9.17, 15) is 10.1 Å². The first-order chi connectivity index (χ1) is 17.6. The van der Waals surface area contributed by atoms with Gasteiger partial charge in [0.15, 0.2) is 0 Å². The van der Waals surface area contributed by atoms with E-state index < -0.39 is 4.92 Å². The molecule has 0 aliphatic rings. The molecule has 182 valence electrons. The summed E-state index contributed by atoms with van der Waals surface area (Å²) < 4.78 is 11.2. The lowest BCUT2D eigenvalue weighted by Crippen LogP contribution is -2.10. The van der Waals surface area contributed by atoms with Gasteiger partial charge >= 0.3 is 0 Å². The van der Waals surface area contributed by atoms with Crippen molar-refractivity contribution in [2.24, 2.45) is 0 Å². The zero-order chi connectivity index (χ0) is 25.3. The average Bonchev–Trinajstić information content (AvgIpc) is 2.91. The molecule has 4 aromatic rings. The summed E-state index contributed by atoms with van der Waals surface area (Å²) in [6.07, 6.45) is 3.93. The van der Waals surface area contributed by atoms with Crippen LogP contribution >= 0.6 is 0 Å². The van der Waals surface area contributed by atoms with Crippen molar-refractivity contribution in [2.75, 3.05) is 18.1 Å². The number of nitro benzene ring substituents is 1. The molecule has 0 aliphatic heterocycles. The lowest BCUT2D eigenvalue weighted by Gasteiger charge is -2.26. The van der Waals surface area contributed by atoms with E-state index in [1.165, 1.54) is 12.1 Å². The lowest BCUT2D eigenvalue weighted by molar-refractivity contribution is -0.384. The van der Waals surface area contributed by atoms with Crippen LogP contribution in [-0.4, -0.2) is 18.1 Å². The highest BCUT2D eigenvalue weighted by atomic mass is 16.6. The van der Waals surface area contributed by atoms with Gasteiger partial charge < -0.3 is 14.4 Å². The summed E-state index contributed by atoms with van der Waals surface area (Å²) in [6, 6.07) is 30.8. The Bertz CT molecular complexity index is 1250. The van der Waals surface area contributed by atoms with Gasteiger partial charge in [0.2, 0.25) is 0 Å². The van der Waals surface area contributed by atoms with Crippen molar-refractivity contribution in [3.8, 4) is 11.5 Å². The van der Waals surface area contributed by atoms with Crippen LogP contribution in [0.1, 0.15) is 25.0 Å². The molecule has 0 atom stereocenters. The van der Waals surface area contributed by atoms with Crippen molar-refractivity contribution >= 4 is 34.9 Å². The molecule has 0 fully saturated rings. The van der Waals surface area contributed by atoms with Crippen molar-refractivity contribution in [1.29, 1.82) is 0 Å². The minimum absolute atomic E-state index is 0.0835. The summed E-state index contributed by atoms with van der Waals surface area (Å²) >= 11 is 0. The van der Waals surface area contributed by atoms with Crippen LogP contribution < -0.4 is 14.4 Å².